The third-order valence-electron chi connectivity index (χ3n) is 6.15. The van der Waals surface area contributed by atoms with Crippen molar-refractivity contribution < 1.29 is 14.6 Å². The van der Waals surface area contributed by atoms with Crippen molar-refractivity contribution in [3.8, 4) is 5.75 Å². The normalized spacial score (nSPS) is 16.4. The molecule has 1 aromatic carbocycles. The van der Waals surface area contributed by atoms with Gasteiger partial charge in [0.15, 0.2) is 0 Å². The number of ether oxygens (including phenoxy) is 1. The van der Waals surface area contributed by atoms with Gasteiger partial charge in [0, 0.05) is 19.4 Å². The number of rotatable bonds is 8. The second-order valence-corrected chi connectivity index (χ2v) is 8.92. The highest BCUT2D eigenvalue weighted by molar-refractivity contribution is 5.86. The second-order valence-electron chi connectivity index (χ2n) is 8.92. The first-order valence-corrected chi connectivity index (χ1v) is 11.8. The van der Waals surface area contributed by atoms with E-state index in [1.807, 2.05) is 25.8 Å². The molecule has 0 fully saturated rings. The number of hydrogen-bond donors (Lipinski definition) is 1. The number of anilines is 2. The van der Waals surface area contributed by atoms with Crippen LogP contribution in [-0.2, 0) is 5.41 Å². The number of aromatic nitrogens is 2. The van der Waals surface area contributed by atoms with Gasteiger partial charge in [-0.1, -0.05) is 54.4 Å². The van der Waals surface area contributed by atoms with Gasteiger partial charge in [-0.05, 0) is 53.9 Å². The molecule has 1 unspecified atom stereocenters. The van der Waals surface area contributed by atoms with Gasteiger partial charge in [0.1, 0.15) is 5.75 Å². The SMILES string of the molecule is CC.CCCCCOc1cc2c(cc1N(C)c1ncc(C(=O)O)cn1)C(C)CCC2(C)C. The van der Waals surface area contributed by atoms with Crippen LogP contribution in [0.3, 0.4) is 0 Å². The molecule has 1 aromatic heterocycles. The maximum atomic E-state index is 11.1. The lowest BCUT2D eigenvalue weighted by Crippen LogP contribution is -2.26. The zero-order valence-electron chi connectivity index (χ0n) is 20.7. The minimum Gasteiger partial charge on any atom is -0.491 e. The van der Waals surface area contributed by atoms with Crippen LogP contribution in [0, 0.1) is 0 Å². The Kier molecular flexibility index (Phi) is 9.05. The van der Waals surface area contributed by atoms with Gasteiger partial charge in [-0.2, -0.15) is 0 Å². The molecule has 0 amide bonds. The molecule has 0 saturated carbocycles. The number of carboxylic acids is 1. The van der Waals surface area contributed by atoms with Crippen molar-refractivity contribution in [1.82, 2.24) is 9.97 Å². The van der Waals surface area contributed by atoms with Crippen LogP contribution >= 0.6 is 0 Å². The number of hydrogen-bond acceptors (Lipinski definition) is 5. The van der Waals surface area contributed by atoms with Crippen LogP contribution in [-0.4, -0.2) is 34.7 Å². The molecule has 176 valence electrons. The summed E-state index contributed by atoms with van der Waals surface area (Å²) in [5.74, 6) is 0.722. The van der Waals surface area contributed by atoms with E-state index in [2.05, 4.69) is 49.8 Å². The lowest BCUT2D eigenvalue weighted by molar-refractivity contribution is 0.0696. The van der Waals surface area contributed by atoms with Crippen LogP contribution in [0.25, 0.3) is 0 Å². The molecule has 1 atom stereocenters. The Morgan fingerprint density at radius 3 is 2.47 bits per heavy atom. The molecule has 32 heavy (non-hydrogen) atoms. The molecule has 1 aliphatic carbocycles. The van der Waals surface area contributed by atoms with Crippen molar-refractivity contribution >= 4 is 17.6 Å². The third kappa shape index (κ3) is 5.78. The predicted molar refractivity (Wildman–Crippen MR) is 131 cm³/mol. The van der Waals surface area contributed by atoms with E-state index in [-0.39, 0.29) is 11.0 Å². The quantitative estimate of drug-likeness (QED) is 0.459. The molecule has 1 N–H and O–H groups in total. The van der Waals surface area contributed by atoms with E-state index >= 15 is 0 Å². The predicted octanol–water partition coefficient (Wildman–Crippen LogP) is 6.71. The summed E-state index contributed by atoms with van der Waals surface area (Å²) in [7, 11) is 1.90. The maximum absolute atomic E-state index is 11.1. The highest BCUT2D eigenvalue weighted by atomic mass is 16.5. The molecule has 0 bridgehead atoms. The fraction of sp³-hybridized carbons (Fsp3) is 0.577. The minimum atomic E-state index is -1.03. The molecule has 0 saturated heterocycles. The van der Waals surface area contributed by atoms with E-state index in [4.69, 9.17) is 9.84 Å². The van der Waals surface area contributed by atoms with Gasteiger partial charge in [0.2, 0.25) is 5.95 Å². The lowest BCUT2D eigenvalue weighted by atomic mass is 9.69. The number of benzene rings is 1. The van der Waals surface area contributed by atoms with Crippen molar-refractivity contribution in [2.45, 2.75) is 85.0 Å². The fourth-order valence-electron chi connectivity index (χ4n) is 4.07. The Morgan fingerprint density at radius 2 is 1.88 bits per heavy atom. The molecule has 2 aromatic rings. The summed E-state index contributed by atoms with van der Waals surface area (Å²) in [6.45, 7) is 13.7. The van der Waals surface area contributed by atoms with Crippen molar-refractivity contribution in [3.05, 3.63) is 41.2 Å². The second kappa shape index (κ2) is 11.3. The van der Waals surface area contributed by atoms with Crippen LogP contribution in [0.1, 0.15) is 101 Å². The van der Waals surface area contributed by atoms with E-state index in [0.717, 1.165) is 43.5 Å². The molecule has 0 aliphatic heterocycles. The van der Waals surface area contributed by atoms with Gasteiger partial charge < -0.3 is 14.7 Å². The molecule has 1 aliphatic rings. The van der Waals surface area contributed by atoms with E-state index in [9.17, 15) is 4.79 Å². The number of carbonyl (C=O) groups is 1. The largest absolute Gasteiger partial charge is 0.491 e. The van der Waals surface area contributed by atoms with Crippen molar-refractivity contribution in [3.63, 3.8) is 0 Å². The van der Waals surface area contributed by atoms with E-state index < -0.39 is 5.97 Å². The van der Waals surface area contributed by atoms with Crippen LogP contribution in [0.4, 0.5) is 11.6 Å². The van der Waals surface area contributed by atoms with Gasteiger partial charge in [-0.15, -0.1) is 0 Å². The van der Waals surface area contributed by atoms with Crippen LogP contribution in [0.5, 0.6) is 5.75 Å². The van der Waals surface area contributed by atoms with Gasteiger partial charge in [0.25, 0.3) is 0 Å². The molecule has 3 rings (SSSR count). The summed E-state index contributed by atoms with van der Waals surface area (Å²) in [4.78, 5) is 21.5. The first-order chi connectivity index (χ1) is 15.2. The topological polar surface area (TPSA) is 75.5 Å². The summed E-state index contributed by atoms with van der Waals surface area (Å²) in [6, 6.07) is 4.42. The average Bonchev–Trinajstić information content (AvgIpc) is 2.80. The van der Waals surface area contributed by atoms with Gasteiger partial charge in [-0.25, -0.2) is 14.8 Å². The fourth-order valence-corrected chi connectivity index (χ4v) is 4.07. The van der Waals surface area contributed by atoms with Crippen LogP contribution < -0.4 is 9.64 Å². The Morgan fingerprint density at radius 1 is 1.22 bits per heavy atom. The highest BCUT2D eigenvalue weighted by Gasteiger charge is 2.33. The summed E-state index contributed by atoms with van der Waals surface area (Å²) >= 11 is 0. The average molecular weight is 442 g/mol. The van der Waals surface area contributed by atoms with Crippen molar-refractivity contribution in [2.75, 3.05) is 18.6 Å². The number of fused-ring (bicyclic) bond motifs is 1. The Bertz CT molecular complexity index is 894. The maximum Gasteiger partial charge on any atom is 0.338 e. The van der Waals surface area contributed by atoms with Crippen LogP contribution in [0.15, 0.2) is 24.5 Å². The number of carboxylic acid groups (broad SMARTS) is 1. The molecule has 0 spiro atoms. The van der Waals surface area contributed by atoms with E-state index in [0.29, 0.717) is 18.5 Å². The monoisotopic (exact) mass is 441 g/mol. The summed E-state index contributed by atoms with van der Waals surface area (Å²) in [5, 5.41) is 9.11. The lowest BCUT2D eigenvalue weighted by Gasteiger charge is -2.37. The van der Waals surface area contributed by atoms with E-state index in [1.54, 1.807) is 0 Å². The molecule has 6 heteroatoms. The summed E-state index contributed by atoms with van der Waals surface area (Å²) in [5.41, 5.74) is 3.80. The summed E-state index contributed by atoms with van der Waals surface area (Å²) in [6.07, 6.45) is 8.29. The minimum absolute atomic E-state index is 0.0731. The standard InChI is InChI=1S/C24H33N3O3.C2H6/c1-6-7-8-11-30-21-13-19-18(16(2)9-10-24(19,3)4)12-20(21)27(5)23-25-14-17(15-26-23)22(28)29;1-2/h12-16H,6-11H2,1-5H3,(H,28,29);1-2H3. The number of aromatic carboxylic acids is 1. The third-order valence-corrected chi connectivity index (χ3v) is 6.15. The molecular formula is C26H39N3O3. The van der Waals surface area contributed by atoms with Crippen molar-refractivity contribution in [1.29, 1.82) is 0 Å². The molecule has 6 nitrogen and oxygen atoms in total. The first-order valence-electron chi connectivity index (χ1n) is 11.8. The van der Waals surface area contributed by atoms with Gasteiger partial charge in [-0.3, -0.25) is 0 Å². The Balaban J connectivity index is 0.00000176. The summed E-state index contributed by atoms with van der Waals surface area (Å²) < 4.78 is 6.25. The highest BCUT2D eigenvalue weighted by Crippen LogP contribution is 2.47. The number of unbranched alkanes of at least 4 members (excludes halogenated alkanes) is 2. The molecule has 1 heterocycles. The van der Waals surface area contributed by atoms with Gasteiger partial charge >= 0.3 is 5.97 Å². The zero-order chi connectivity index (χ0) is 23.9. The van der Waals surface area contributed by atoms with Gasteiger partial charge in [0.05, 0.1) is 17.9 Å². The Hall–Kier alpha value is -2.63. The van der Waals surface area contributed by atoms with Crippen molar-refractivity contribution in [2.24, 2.45) is 0 Å². The Labute approximate surface area is 193 Å². The smallest absolute Gasteiger partial charge is 0.338 e. The van der Waals surface area contributed by atoms with Crippen LogP contribution in [0.2, 0.25) is 0 Å². The first kappa shape index (κ1) is 25.6. The number of nitrogens with zero attached hydrogens (tertiary/aromatic N) is 3. The van der Waals surface area contributed by atoms with E-state index in [1.165, 1.54) is 23.5 Å². The zero-order valence-corrected chi connectivity index (χ0v) is 20.7. The molecular weight excluding hydrogens is 402 g/mol. The molecule has 0 radical (unpaired) electrons.